The summed E-state index contributed by atoms with van der Waals surface area (Å²) in [4.78, 5) is 30.6. The van der Waals surface area contributed by atoms with Crippen molar-refractivity contribution in [2.75, 3.05) is 51.7 Å². The normalized spacial score (nSPS) is 22.1. The zero-order chi connectivity index (χ0) is 20.4. The van der Waals surface area contributed by atoms with Crippen LogP contribution in [-0.2, 0) is 11.2 Å². The number of hydrogen-bond donors (Lipinski definition) is 1. The molecule has 0 aromatic heterocycles. The number of piperazine rings is 1. The van der Waals surface area contributed by atoms with Crippen molar-refractivity contribution >= 4 is 17.3 Å². The minimum absolute atomic E-state index is 0.0413. The van der Waals surface area contributed by atoms with E-state index in [9.17, 15) is 14.9 Å². The van der Waals surface area contributed by atoms with Crippen LogP contribution in [0, 0.1) is 16.0 Å². The second-order valence-corrected chi connectivity index (χ2v) is 8.32. The maximum Gasteiger partial charge on any atom is 0.269 e. The number of non-ortho nitro benzene ring substituents is 1. The van der Waals surface area contributed by atoms with Gasteiger partial charge in [0.25, 0.3) is 5.69 Å². The van der Waals surface area contributed by atoms with E-state index in [0.29, 0.717) is 19.0 Å². The topological polar surface area (TPSA) is 82.0 Å². The molecule has 2 aliphatic heterocycles. The predicted molar refractivity (Wildman–Crippen MR) is 110 cm³/mol. The third-order valence-corrected chi connectivity index (χ3v) is 5.86. The van der Waals surface area contributed by atoms with Crippen molar-refractivity contribution in [2.45, 2.75) is 32.4 Å². The molecule has 0 spiro atoms. The number of nitrogens with one attached hydrogen (secondary N) is 1. The SMILES string of the molecule is CC(C)N1CCN2c3ccc([N+](=O)[O-])cc3CC(C(=O)NCCN(C)C)C2C1. The highest BCUT2D eigenvalue weighted by Gasteiger charge is 2.42. The summed E-state index contributed by atoms with van der Waals surface area (Å²) in [5.41, 5.74) is 2.03. The number of fused-ring (bicyclic) bond motifs is 3. The highest BCUT2D eigenvalue weighted by atomic mass is 16.6. The smallest absolute Gasteiger partial charge is 0.269 e. The van der Waals surface area contributed by atoms with Gasteiger partial charge in [0.1, 0.15) is 0 Å². The number of hydrogen-bond acceptors (Lipinski definition) is 6. The van der Waals surface area contributed by atoms with E-state index < -0.39 is 0 Å². The first-order valence-electron chi connectivity index (χ1n) is 9.98. The summed E-state index contributed by atoms with van der Waals surface area (Å²) in [6, 6.07) is 5.58. The van der Waals surface area contributed by atoms with Gasteiger partial charge < -0.3 is 15.1 Å². The predicted octanol–water partition coefficient (Wildman–Crippen LogP) is 1.34. The minimum atomic E-state index is -0.366. The lowest BCUT2D eigenvalue weighted by Gasteiger charge is -2.50. The molecule has 3 rings (SSSR count). The molecule has 0 radical (unpaired) electrons. The third-order valence-electron chi connectivity index (χ3n) is 5.86. The number of nitro benzene ring substituents is 1. The Balaban J connectivity index is 1.87. The van der Waals surface area contributed by atoms with Crippen LogP contribution >= 0.6 is 0 Å². The molecule has 2 aliphatic rings. The Morgan fingerprint density at radius 1 is 1.36 bits per heavy atom. The lowest BCUT2D eigenvalue weighted by Crippen LogP contribution is -2.62. The van der Waals surface area contributed by atoms with Gasteiger partial charge in [-0.05, 0) is 46.0 Å². The second kappa shape index (κ2) is 8.45. The van der Waals surface area contributed by atoms with Gasteiger partial charge in [0.05, 0.1) is 16.9 Å². The fourth-order valence-electron chi connectivity index (χ4n) is 4.25. The van der Waals surface area contributed by atoms with Crippen molar-refractivity contribution in [3.05, 3.63) is 33.9 Å². The summed E-state index contributed by atoms with van der Waals surface area (Å²) >= 11 is 0. The second-order valence-electron chi connectivity index (χ2n) is 8.32. The molecule has 2 unspecified atom stereocenters. The van der Waals surface area contributed by atoms with Crippen LogP contribution in [0.4, 0.5) is 11.4 Å². The van der Waals surface area contributed by atoms with Crippen LogP contribution < -0.4 is 10.2 Å². The van der Waals surface area contributed by atoms with Gasteiger partial charge in [0, 0.05) is 56.6 Å². The first-order valence-corrected chi connectivity index (χ1v) is 9.98. The van der Waals surface area contributed by atoms with Crippen LogP contribution in [0.3, 0.4) is 0 Å². The van der Waals surface area contributed by atoms with Crippen LogP contribution in [0.1, 0.15) is 19.4 Å². The molecule has 1 amide bonds. The fourth-order valence-corrected chi connectivity index (χ4v) is 4.25. The molecule has 1 aromatic carbocycles. The fraction of sp³-hybridized carbons (Fsp3) is 0.650. The van der Waals surface area contributed by atoms with Gasteiger partial charge in [-0.3, -0.25) is 19.8 Å². The maximum atomic E-state index is 13.0. The number of likely N-dealkylation sites (N-methyl/N-ethyl adjacent to an activating group) is 1. The average molecular weight is 390 g/mol. The molecule has 1 fully saturated rings. The van der Waals surface area contributed by atoms with Gasteiger partial charge in [-0.25, -0.2) is 0 Å². The molecule has 154 valence electrons. The summed E-state index contributed by atoms with van der Waals surface area (Å²) in [7, 11) is 3.96. The Labute approximate surface area is 166 Å². The van der Waals surface area contributed by atoms with E-state index >= 15 is 0 Å². The van der Waals surface area contributed by atoms with Crippen LogP contribution in [0.5, 0.6) is 0 Å². The van der Waals surface area contributed by atoms with E-state index in [2.05, 4.69) is 29.0 Å². The lowest BCUT2D eigenvalue weighted by atomic mass is 9.83. The van der Waals surface area contributed by atoms with E-state index in [4.69, 9.17) is 0 Å². The zero-order valence-electron chi connectivity index (χ0n) is 17.2. The Kier molecular flexibility index (Phi) is 6.20. The molecule has 0 bridgehead atoms. The van der Waals surface area contributed by atoms with Crippen LogP contribution in [0.2, 0.25) is 0 Å². The monoisotopic (exact) mass is 389 g/mol. The molecule has 8 nitrogen and oxygen atoms in total. The van der Waals surface area contributed by atoms with Gasteiger partial charge in [0.15, 0.2) is 0 Å². The largest absolute Gasteiger partial charge is 0.365 e. The van der Waals surface area contributed by atoms with Crippen LogP contribution in [0.15, 0.2) is 18.2 Å². The number of anilines is 1. The average Bonchev–Trinajstić information content (AvgIpc) is 2.65. The molecule has 28 heavy (non-hydrogen) atoms. The summed E-state index contributed by atoms with van der Waals surface area (Å²) in [5, 5.41) is 14.3. The lowest BCUT2D eigenvalue weighted by molar-refractivity contribution is -0.384. The molecule has 1 aromatic rings. The van der Waals surface area contributed by atoms with E-state index in [1.54, 1.807) is 12.1 Å². The van der Waals surface area contributed by atoms with Crippen molar-refractivity contribution in [1.29, 1.82) is 0 Å². The summed E-state index contributed by atoms with van der Waals surface area (Å²) in [6.45, 7) is 8.34. The van der Waals surface area contributed by atoms with Gasteiger partial charge in [-0.2, -0.15) is 0 Å². The van der Waals surface area contributed by atoms with Crippen molar-refractivity contribution in [3.63, 3.8) is 0 Å². The molecule has 8 heteroatoms. The molecule has 2 atom stereocenters. The quantitative estimate of drug-likeness (QED) is 0.584. The molecule has 0 aliphatic carbocycles. The van der Waals surface area contributed by atoms with E-state index in [-0.39, 0.29) is 28.5 Å². The Bertz CT molecular complexity index is 737. The molecular weight excluding hydrogens is 358 g/mol. The number of nitrogens with zero attached hydrogens (tertiary/aromatic N) is 4. The zero-order valence-corrected chi connectivity index (χ0v) is 17.2. The van der Waals surface area contributed by atoms with Crippen molar-refractivity contribution in [1.82, 2.24) is 15.1 Å². The Morgan fingerprint density at radius 2 is 2.11 bits per heavy atom. The van der Waals surface area contributed by atoms with Crippen molar-refractivity contribution in [3.8, 4) is 0 Å². The van der Waals surface area contributed by atoms with Crippen molar-refractivity contribution < 1.29 is 9.72 Å². The molecule has 1 saturated heterocycles. The standard InChI is InChI=1S/C20H31N5O3/c1-14(2)23-9-10-24-18-6-5-16(25(27)28)11-15(18)12-17(19(24)13-23)20(26)21-7-8-22(3)4/h5-6,11,14,17,19H,7-10,12-13H2,1-4H3,(H,21,26). The van der Waals surface area contributed by atoms with Gasteiger partial charge in [0.2, 0.25) is 5.91 Å². The summed E-state index contributed by atoms with van der Waals surface area (Å²) in [5.74, 6) is -0.169. The number of nitro groups is 1. The maximum absolute atomic E-state index is 13.0. The highest BCUT2D eigenvalue weighted by Crippen LogP contribution is 2.38. The number of rotatable bonds is 6. The third kappa shape index (κ3) is 4.28. The minimum Gasteiger partial charge on any atom is -0.365 e. The number of carbonyl (C=O) groups excluding carboxylic acids is 1. The molecule has 0 saturated carbocycles. The molecule has 1 N–H and O–H groups in total. The first kappa shape index (κ1) is 20.5. The summed E-state index contributed by atoms with van der Waals surface area (Å²) < 4.78 is 0. The number of benzene rings is 1. The van der Waals surface area contributed by atoms with Crippen molar-refractivity contribution in [2.24, 2.45) is 5.92 Å². The highest BCUT2D eigenvalue weighted by molar-refractivity contribution is 5.82. The van der Waals surface area contributed by atoms with Crippen LogP contribution in [0.25, 0.3) is 0 Å². The Hall–Kier alpha value is -2.19. The summed E-state index contributed by atoms with van der Waals surface area (Å²) in [6.07, 6.45) is 0.540. The number of amides is 1. The first-order chi connectivity index (χ1) is 13.3. The van der Waals surface area contributed by atoms with E-state index in [1.807, 2.05) is 25.1 Å². The van der Waals surface area contributed by atoms with Gasteiger partial charge in [-0.1, -0.05) is 0 Å². The Morgan fingerprint density at radius 3 is 2.75 bits per heavy atom. The molecular formula is C20H31N5O3. The van der Waals surface area contributed by atoms with Gasteiger partial charge >= 0.3 is 0 Å². The van der Waals surface area contributed by atoms with E-state index in [1.165, 1.54) is 0 Å². The van der Waals surface area contributed by atoms with Crippen LogP contribution in [-0.4, -0.2) is 79.5 Å². The van der Waals surface area contributed by atoms with Gasteiger partial charge in [-0.15, -0.1) is 0 Å². The van der Waals surface area contributed by atoms with E-state index in [0.717, 1.165) is 37.4 Å². The molecule has 2 heterocycles. The number of carbonyl (C=O) groups is 1.